The molecule has 1 atom stereocenters. The number of rotatable bonds is 39. The van der Waals surface area contributed by atoms with Crippen molar-refractivity contribution in [1.29, 1.82) is 0 Å². The van der Waals surface area contributed by atoms with Crippen molar-refractivity contribution in [2.24, 2.45) is 0 Å². The molecule has 0 aromatic carbocycles. The maximum Gasteiger partial charge on any atom is 0.306 e. The van der Waals surface area contributed by atoms with Gasteiger partial charge in [-0.1, -0.05) is 149 Å². The van der Waals surface area contributed by atoms with E-state index in [1.165, 1.54) is 121 Å². The number of amides is 1. The van der Waals surface area contributed by atoms with E-state index >= 15 is 0 Å². The Morgan fingerprint density at radius 1 is 0.453 bits per heavy atom. The summed E-state index contributed by atoms with van der Waals surface area (Å²) in [6, 6.07) is 0. The van der Waals surface area contributed by atoms with E-state index in [1.807, 2.05) is 19.0 Å². The van der Waals surface area contributed by atoms with Crippen LogP contribution in [0.1, 0.15) is 220 Å². The van der Waals surface area contributed by atoms with Gasteiger partial charge in [0.1, 0.15) is 12.2 Å². The Hall–Kier alpha value is -1.28. The lowest BCUT2D eigenvalue weighted by molar-refractivity contribution is -0.150. The minimum absolute atomic E-state index is 0.00260. The van der Waals surface area contributed by atoms with Crippen LogP contribution in [0.15, 0.2) is 0 Å². The Labute approximate surface area is 333 Å². The zero-order valence-electron chi connectivity index (χ0n) is 36.0. The van der Waals surface area contributed by atoms with Gasteiger partial charge in [-0.3, -0.25) is 14.4 Å². The largest absolute Gasteiger partial charge is 0.462 e. The molecular formula is C45H88N2O5S. The van der Waals surface area contributed by atoms with E-state index in [4.69, 9.17) is 9.47 Å². The Kier molecular flexibility index (Phi) is 38.0. The highest BCUT2D eigenvalue weighted by atomic mass is 32.2. The Balaban J connectivity index is 5.09. The van der Waals surface area contributed by atoms with Crippen molar-refractivity contribution in [2.45, 2.75) is 233 Å². The predicted octanol–water partition coefficient (Wildman–Crippen LogP) is 13.3. The molecule has 53 heavy (non-hydrogen) atoms. The minimum Gasteiger partial charge on any atom is -0.462 e. The topological polar surface area (TPSA) is 76.1 Å². The lowest BCUT2D eigenvalue weighted by Gasteiger charge is -2.23. The second-order valence-electron chi connectivity index (χ2n) is 15.9. The summed E-state index contributed by atoms with van der Waals surface area (Å²) in [5.41, 5.74) is 0. The standard InChI is InChI=1S/C45H88N2O5S/c1-7-11-15-19-23-27-34-42(33-26-22-18-14-10-4)52-44(49)36-29-39-47(45(50)53-40-30-37-46(5)6)38-28-35-43(48)51-41(31-24-20-16-12-8-2)32-25-21-17-13-9-3/h41-42H,7-40H2,1-6H3. The van der Waals surface area contributed by atoms with E-state index in [0.29, 0.717) is 38.8 Å². The SMILES string of the molecule is CCCCCCCCC(CCCCCCC)OC(=O)CCCN(CCCC(=O)OC(CCCCCCC)CCCCCCC)C(=O)SCCCN(C)C. The van der Waals surface area contributed by atoms with Gasteiger partial charge in [-0.25, -0.2) is 0 Å². The van der Waals surface area contributed by atoms with Crippen LogP contribution in [0.25, 0.3) is 0 Å². The molecule has 0 saturated heterocycles. The van der Waals surface area contributed by atoms with Gasteiger partial charge in [-0.2, -0.15) is 0 Å². The lowest BCUT2D eigenvalue weighted by atomic mass is 10.0. The number of esters is 2. The van der Waals surface area contributed by atoms with Crippen LogP contribution in [0.4, 0.5) is 4.79 Å². The number of carbonyl (C=O) groups excluding carboxylic acids is 3. The highest BCUT2D eigenvalue weighted by Crippen LogP contribution is 2.20. The fraction of sp³-hybridized carbons (Fsp3) is 0.933. The van der Waals surface area contributed by atoms with Crippen LogP contribution in [0.3, 0.4) is 0 Å². The van der Waals surface area contributed by atoms with Gasteiger partial charge in [0, 0.05) is 31.7 Å². The van der Waals surface area contributed by atoms with Crippen molar-refractivity contribution in [2.75, 3.05) is 39.5 Å². The molecular weight excluding hydrogens is 681 g/mol. The summed E-state index contributed by atoms with van der Waals surface area (Å²) in [7, 11) is 4.09. The van der Waals surface area contributed by atoms with Gasteiger partial charge in [0.25, 0.3) is 5.24 Å². The lowest BCUT2D eigenvalue weighted by Crippen LogP contribution is -2.31. The molecule has 0 heterocycles. The summed E-state index contributed by atoms with van der Waals surface area (Å²) in [4.78, 5) is 43.4. The maximum absolute atomic E-state index is 13.3. The van der Waals surface area contributed by atoms with Crippen LogP contribution in [-0.2, 0) is 19.1 Å². The third kappa shape index (κ3) is 34.9. The Morgan fingerprint density at radius 2 is 0.792 bits per heavy atom. The molecule has 314 valence electrons. The van der Waals surface area contributed by atoms with Crippen LogP contribution in [0.2, 0.25) is 0 Å². The molecule has 0 aliphatic rings. The third-order valence-corrected chi connectivity index (χ3v) is 11.2. The molecule has 0 aromatic heterocycles. The van der Waals surface area contributed by atoms with E-state index in [-0.39, 0.29) is 29.4 Å². The van der Waals surface area contributed by atoms with Gasteiger partial charge < -0.3 is 19.3 Å². The minimum atomic E-state index is -0.141. The fourth-order valence-electron chi connectivity index (χ4n) is 6.85. The predicted molar refractivity (Wildman–Crippen MR) is 229 cm³/mol. The summed E-state index contributed by atoms with van der Waals surface area (Å²) in [6.07, 6.45) is 32.2. The average Bonchev–Trinajstić information content (AvgIpc) is 3.13. The van der Waals surface area contributed by atoms with Gasteiger partial charge in [0.2, 0.25) is 0 Å². The van der Waals surface area contributed by atoms with Crippen molar-refractivity contribution >= 4 is 28.9 Å². The summed E-state index contributed by atoms with van der Waals surface area (Å²) in [5.74, 6) is 0.478. The van der Waals surface area contributed by atoms with Gasteiger partial charge in [0.05, 0.1) is 0 Å². The van der Waals surface area contributed by atoms with Crippen molar-refractivity contribution in [3.05, 3.63) is 0 Å². The van der Waals surface area contributed by atoms with Gasteiger partial charge >= 0.3 is 11.9 Å². The normalized spacial score (nSPS) is 12.1. The maximum atomic E-state index is 13.3. The highest BCUT2D eigenvalue weighted by molar-refractivity contribution is 8.13. The van der Waals surface area contributed by atoms with Crippen LogP contribution >= 0.6 is 11.8 Å². The quantitative estimate of drug-likeness (QED) is 0.0455. The Morgan fingerprint density at radius 3 is 1.13 bits per heavy atom. The number of nitrogens with zero attached hydrogens (tertiary/aromatic N) is 2. The number of hydrogen-bond donors (Lipinski definition) is 0. The smallest absolute Gasteiger partial charge is 0.306 e. The molecule has 0 bridgehead atoms. The van der Waals surface area contributed by atoms with Gasteiger partial charge in [0.15, 0.2) is 0 Å². The average molecular weight is 769 g/mol. The van der Waals surface area contributed by atoms with Crippen LogP contribution in [0.5, 0.6) is 0 Å². The van der Waals surface area contributed by atoms with Crippen molar-refractivity contribution in [1.82, 2.24) is 9.80 Å². The summed E-state index contributed by atoms with van der Waals surface area (Å²) >= 11 is 1.35. The molecule has 1 unspecified atom stereocenters. The molecule has 8 heteroatoms. The number of thioether (sulfide) groups is 1. The second-order valence-corrected chi connectivity index (χ2v) is 16.9. The first-order chi connectivity index (χ1) is 25.8. The van der Waals surface area contributed by atoms with Crippen molar-refractivity contribution < 1.29 is 23.9 Å². The summed E-state index contributed by atoms with van der Waals surface area (Å²) in [5, 5.41) is 0.0376. The first kappa shape index (κ1) is 51.7. The first-order valence-electron chi connectivity index (χ1n) is 22.7. The van der Waals surface area contributed by atoms with E-state index in [0.717, 1.165) is 70.1 Å². The molecule has 0 saturated carbocycles. The molecule has 7 nitrogen and oxygen atoms in total. The molecule has 0 spiro atoms. The molecule has 0 radical (unpaired) electrons. The van der Waals surface area contributed by atoms with Crippen LogP contribution in [-0.4, -0.2) is 78.7 Å². The van der Waals surface area contributed by atoms with Crippen LogP contribution in [0, 0.1) is 0 Å². The fourth-order valence-corrected chi connectivity index (χ4v) is 7.66. The number of carbonyl (C=O) groups is 3. The molecule has 0 aromatic rings. The monoisotopic (exact) mass is 769 g/mol. The highest BCUT2D eigenvalue weighted by Gasteiger charge is 2.19. The van der Waals surface area contributed by atoms with E-state index in [9.17, 15) is 14.4 Å². The molecule has 0 aliphatic heterocycles. The second kappa shape index (κ2) is 39.0. The number of ether oxygens (including phenoxy) is 2. The molecule has 1 amide bonds. The van der Waals surface area contributed by atoms with E-state index in [1.54, 1.807) is 0 Å². The zero-order chi connectivity index (χ0) is 39.2. The van der Waals surface area contributed by atoms with Crippen LogP contribution < -0.4 is 0 Å². The van der Waals surface area contributed by atoms with Gasteiger partial charge in [-0.05, 0) is 91.3 Å². The van der Waals surface area contributed by atoms with Gasteiger partial charge in [-0.15, -0.1) is 0 Å². The molecule has 0 rings (SSSR count). The first-order valence-corrected chi connectivity index (χ1v) is 23.7. The molecule has 0 aliphatic carbocycles. The zero-order valence-corrected chi connectivity index (χ0v) is 36.9. The Bertz CT molecular complexity index is 828. The number of hydrogen-bond acceptors (Lipinski definition) is 7. The molecule has 0 N–H and O–H groups in total. The summed E-state index contributed by atoms with van der Waals surface area (Å²) < 4.78 is 12.1. The van der Waals surface area contributed by atoms with E-state index in [2.05, 4.69) is 32.6 Å². The summed E-state index contributed by atoms with van der Waals surface area (Å²) in [6.45, 7) is 10.9. The molecule has 0 fully saturated rings. The third-order valence-electron chi connectivity index (χ3n) is 10.2. The van der Waals surface area contributed by atoms with E-state index < -0.39 is 0 Å². The van der Waals surface area contributed by atoms with Crippen molar-refractivity contribution in [3.63, 3.8) is 0 Å². The number of unbranched alkanes of at least 4 members (excludes halogenated alkanes) is 17. The van der Waals surface area contributed by atoms with Crippen molar-refractivity contribution in [3.8, 4) is 0 Å².